The zero-order chi connectivity index (χ0) is 15.9. The van der Waals surface area contributed by atoms with Crippen molar-refractivity contribution in [3.63, 3.8) is 0 Å². The summed E-state index contributed by atoms with van der Waals surface area (Å²) in [7, 11) is 0. The molecule has 23 heavy (non-hydrogen) atoms. The van der Waals surface area contributed by atoms with Gasteiger partial charge in [0.25, 0.3) is 0 Å². The third-order valence-electron chi connectivity index (χ3n) is 4.31. The predicted octanol–water partition coefficient (Wildman–Crippen LogP) is 2.62. The average molecular weight is 311 g/mol. The molecule has 2 N–H and O–H groups in total. The molecule has 5 nitrogen and oxygen atoms in total. The predicted molar refractivity (Wildman–Crippen MR) is 93.1 cm³/mol. The second-order valence-corrected chi connectivity index (χ2v) is 6.03. The van der Waals surface area contributed by atoms with Crippen molar-refractivity contribution in [2.45, 2.75) is 38.8 Å². The number of likely N-dealkylation sites (tertiary alicyclic amines) is 1. The molecule has 122 valence electrons. The van der Waals surface area contributed by atoms with E-state index in [2.05, 4.69) is 43.7 Å². The molecule has 0 amide bonds. The minimum Gasteiger partial charge on any atom is -0.370 e. The van der Waals surface area contributed by atoms with Crippen LogP contribution in [0.4, 0.5) is 0 Å². The second kappa shape index (κ2) is 7.81. The lowest BCUT2D eigenvalue weighted by Gasteiger charge is -2.21. The van der Waals surface area contributed by atoms with E-state index in [0.717, 1.165) is 25.5 Å². The minimum atomic E-state index is 0.530. The fourth-order valence-electron chi connectivity index (χ4n) is 2.97. The summed E-state index contributed by atoms with van der Waals surface area (Å²) in [5.41, 5.74) is 7.44. The van der Waals surface area contributed by atoms with Crippen LogP contribution in [-0.2, 0) is 13.1 Å². The van der Waals surface area contributed by atoms with E-state index in [0.29, 0.717) is 12.5 Å². The van der Waals surface area contributed by atoms with Crippen molar-refractivity contribution < 1.29 is 0 Å². The molecule has 2 heterocycles. The van der Waals surface area contributed by atoms with Crippen LogP contribution in [0.15, 0.2) is 47.7 Å². The molecule has 0 atom stereocenters. The van der Waals surface area contributed by atoms with Gasteiger partial charge >= 0.3 is 0 Å². The number of benzene rings is 1. The van der Waals surface area contributed by atoms with Gasteiger partial charge in [0.15, 0.2) is 5.96 Å². The van der Waals surface area contributed by atoms with Crippen molar-refractivity contribution in [1.29, 1.82) is 0 Å². The Morgan fingerprint density at radius 2 is 1.83 bits per heavy atom. The number of aromatic nitrogens is 2. The van der Waals surface area contributed by atoms with E-state index in [-0.39, 0.29) is 0 Å². The van der Waals surface area contributed by atoms with Crippen LogP contribution in [0.2, 0.25) is 0 Å². The van der Waals surface area contributed by atoms with Gasteiger partial charge in [0.1, 0.15) is 12.4 Å². The number of imidazole rings is 1. The molecule has 2 aromatic rings. The molecule has 0 unspecified atom stereocenters. The van der Waals surface area contributed by atoms with E-state index in [9.17, 15) is 0 Å². The summed E-state index contributed by atoms with van der Waals surface area (Å²) < 4.78 is 2.13. The van der Waals surface area contributed by atoms with Crippen LogP contribution in [0, 0.1) is 0 Å². The number of hydrogen-bond acceptors (Lipinski definition) is 2. The molecule has 1 aromatic heterocycles. The van der Waals surface area contributed by atoms with Crippen molar-refractivity contribution >= 4 is 5.96 Å². The smallest absolute Gasteiger partial charge is 0.191 e. The average Bonchev–Trinajstić information content (AvgIpc) is 2.84. The number of nitrogens with two attached hydrogens (primary N) is 1. The van der Waals surface area contributed by atoms with Crippen LogP contribution in [-0.4, -0.2) is 33.5 Å². The Kier molecular flexibility index (Phi) is 5.29. The quantitative estimate of drug-likeness (QED) is 0.697. The Morgan fingerprint density at radius 1 is 1.09 bits per heavy atom. The number of hydrogen-bond donors (Lipinski definition) is 1. The van der Waals surface area contributed by atoms with Gasteiger partial charge < -0.3 is 15.2 Å². The highest BCUT2D eigenvalue weighted by molar-refractivity contribution is 5.78. The lowest BCUT2D eigenvalue weighted by Crippen LogP contribution is -2.38. The van der Waals surface area contributed by atoms with Crippen LogP contribution in [0.5, 0.6) is 0 Å². The zero-order valence-electron chi connectivity index (χ0n) is 13.6. The standard InChI is InChI=1S/C18H25N5/c19-18(22-11-6-1-2-7-12-22)21-14-17-20-10-13-23(17)15-16-8-4-3-5-9-16/h3-5,8-10,13H,1-2,6-7,11-12,14-15H2,(H2,19,21). The molecule has 1 aliphatic heterocycles. The topological polar surface area (TPSA) is 59.4 Å². The molecule has 3 rings (SSSR count). The fourth-order valence-corrected chi connectivity index (χ4v) is 2.97. The van der Waals surface area contributed by atoms with Gasteiger partial charge in [-0.2, -0.15) is 0 Å². The van der Waals surface area contributed by atoms with Gasteiger partial charge in [0, 0.05) is 32.0 Å². The molecule has 0 bridgehead atoms. The lowest BCUT2D eigenvalue weighted by molar-refractivity contribution is 0.428. The second-order valence-electron chi connectivity index (χ2n) is 6.03. The summed E-state index contributed by atoms with van der Waals surface area (Å²) in [4.78, 5) is 11.2. The van der Waals surface area contributed by atoms with Crippen molar-refractivity contribution in [2.75, 3.05) is 13.1 Å². The summed E-state index contributed by atoms with van der Waals surface area (Å²) in [5, 5.41) is 0. The molecule has 1 aromatic carbocycles. The third kappa shape index (κ3) is 4.34. The number of guanidine groups is 1. The molecule has 0 radical (unpaired) electrons. The SMILES string of the molecule is NC(=NCc1nccn1Cc1ccccc1)N1CCCCCC1. The lowest BCUT2D eigenvalue weighted by atomic mass is 10.2. The number of rotatable bonds is 4. The normalized spacial score (nSPS) is 16.3. The van der Waals surface area contributed by atoms with E-state index in [1.807, 2.05) is 18.5 Å². The highest BCUT2D eigenvalue weighted by Gasteiger charge is 2.11. The van der Waals surface area contributed by atoms with Crippen molar-refractivity contribution in [1.82, 2.24) is 14.5 Å². The summed E-state index contributed by atoms with van der Waals surface area (Å²) >= 11 is 0. The number of nitrogens with zero attached hydrogens (tertiary/aromatic N) is 4. The third-order valence-corrected chi connectivity index (χ3v) is 4.31. The van der Waals surface area contributed by atoms with E-state index in [1.165, 1.54) is 31.2 Å². The van der Waals surface area contributed by atoms with Gasteiger partial charge in [0.05, 0.1) is 0 Å². The van der Waals surface area contributed by atoms with Gasteiger partial charge in [-0.15, -0.1) is 0 Å². The highest BCUT2D eigenvalue weighted by atomic mass is 15.3. The van der Waals surface area contributed by atoms with E-state index in [4.69, 9.17) is 5.73 Å². The molecule has 1 fully saturated rings. The van der Waals surface area contributed by atoms with Crippen LogP contribution < -0.4 is 5.73 Å². The molecule has 1 saturated heterocycles. The Balaban J connectivity index is 1.64. The van der Waals surface area contributed by atoms with Gasteiger partial charge in [-0.3, -0.25) is 0 Å². The van der Waals surface area contributed by atoms with Gasteiger partial charge in [0.2, 0.25) is 0 Å². The maximum absolute atomic E-state index is 6.18. The highest BCUT2D eigenvalue weighted by Crippen LogP contribution is 2.10. The Morgan fingerprint density at radius 3 is 2.57 bits per heavy atom. The maximum Gasteiger partial charge on any atom is 0.191 e. The monoisotopic (exact) mass is 311 g/mol. The summed E-state index contributed by atoms with van der Waals surface area (Å²) in [6.45, 7) is 3.39. The molecule has 5 heteroatoms. The van der Waals surface area contributed by atoms with Crippen LogP contribution in [0.25, 0.3) is 0 Å². The molecule has 1 aliphatic rings. The Labute approximate surface area is 137 Å². The zero-order valence-corrected chi connectivity index (χ0v) is 13.6. The number of aliphatic imine (C=N–C) groups is 1. The molecule has 0 saturated carbocycles. The molecule has 0 spiro atoms. The summed E-state index contributed by atoms with van der Waals surface area (Å²) in [6.07, 6.45) is 8.84. The maximum atomic E-state index is 6.18. The van der Waals surface area contributed by atoms with Crippen LogP contribution in [0.3, 0.4) is 0 Å². The molecular formula is C18H25N5. The van der Waals surface area contributed by atoms with Crippen molar-refractivity contribution in [2.24, 2.45) is 10.7 Å². The van der Waals surface area contributed by atoms with Crippen LogP contribution >= 0.6 is 0 Å². The molecule has 0 aliphatic carbocycles. The Hall–Kier alpha value is -2.30. The van der Waals surface area contributed by atoms with Gasteiger partial charge in [-0.1, -0.05) is 43.2 Å². The van der Waals surface area contributed by atoms with E-state index >= 15 is 0 Å². The van der Waals surface area contributed by atoms with Gasteiger partial charge in [-0.05, 0) is 18.4 Å². The fraction of sp³-hybridized carbons (Fsp3) is 0.444. The summed E-state index contributed by atoms with van der Waals surface area (Å²) in [5.74, 6) is 1.60. The van der Waals surface area contributed by atoms with Crippen molar-refractivity contribution in [3.05, 3.63) is 54.1 Å². The van der Waals surface area contributed by atoms with E-state index < -0.39 is 0 Å². The first-order valence-electron chi connectivity index (χ1n) is 8.42. The largest absolute Gasteiger partial charge is 0.370 e. The van der Waals surface area contributed by atoms with Crippen LogP contribution in [0.1, 0.15) is 37.1 Å². The first-order valence-corrected chi connectivity index (χ1v) is 8.42. The first-order chi connectivity index (χ1) is 11.3. The molecular weight excluding hydrogens is 286 g/mol. The minimum absolute atomic E-state index is 0.530. The van der Waals surface area contributed by atoms with Gasteiger partial charge in [-0.25, -0.2) is 9.98 Å². The summed E-state index contributed by atoms with van der Waals surface area (Å²) in [6, 6.07) is 10.4. The first kappa shape index (κ1) is 15.6. The van der Waals surface area contributed by atoms with Crippen molar-refractivity contribution in [3.8, 4) is 0 Å². The van der Waals surface area contributed by atoms with E-state index in [1.54, 1.807) is 0 Å². The Bertz CT molecular complexity index is 624.